The fraction of sp³-hybridized carbons (Fsp3) is 0.448. The van der Waals surface area contributed by atoms with Crippen molar-refractivity contribution in [1.82, 2.24) is 9.88 Å². The number of fused-ring (bicyclic) bond motifs is 1. The minimum Gasteiger partial charge on any atom is -0.393 e. The number of benzene rings is 2. The minimum absolute atomic E-state index is 0.0918. The van der Waals surface area contributed by atoms with Crippen LogP contribution in [0.5, 0.6) is 0 Å². The van der Waals surface area contributed by atoms with E-state index in [1.54, 1.807) is 0 Å². The predicted molar refractivity (Wildman–Crippen MR) is 132 cm³/mol. The van der Waals surface area contributed by atoms with Crippen molar-refractivity contribution >= 4 is 16.7 Å². The van der Waals surface area contributed by atoms with E-state index in [-0.39, 0.29) is 12.0 Å². The topological polar surface area (TPSA) is 53.4 Å². The maximum Gasteiger partial charge on any atom is 0.253 e. The molecule has 1 unspecified atom stereocenters. The zero-order valence-electron chi connectivity index (χ0n) is 19.5. The third kappa shape index (κ3) is 4.81. The minimum atomic E-state index is -0.258. The summed E-state index contributed by atoms with van der Waals surface area (Å²) in [7, 11) is 0. The van der Waals surface area contributed by atoms with E-state index in [4.69, 9.17) is 4.98 Å². The SMILES string of the molecule is C[C@@H](CC1CC[C@H](c2ccc(C(=O)N3CCC(O)CC3)cc2)C1)c1nccc2ccccc12. The molecule has 0 radical (unpaired) electrons. The van der Waals surface area contributed by atoms with E-state index in [2.05, 4.69) is 49.4 Å². The molecule has 0 spiro atoms. The maximum absolute atomic E-state index is 12.8. The number of aliphatic hydroxyl groups is 1. The molecule has 1 aromatic heterocycles. The number of nitrogens with zero attached hydrogens (tertiary/aromatic N) is 2. The molecule has 1 saturated carbocycles. The predicted octanol–water partition coefficient (Wildman–Crippen LogP) is 5.91. The summed E-state index contributed by atoms with van der Waals surface area (Å²) < 4.78 is 0. The highest BCUT2D eigenvalue weighted by atomic mass is 16.3. The lowest BCUT2D eigenvalue weighted by molar-refractivity contribution is 0.0546. The van der Waals surface area contributed by atoms with E-state index in [0.29, 0.717) is 43.7 Å². The van der Waals surface area contributed by atoms with Crippen LogP contribution in [-0.2, 0) is 0 Å². The van der Waals surface area contributed by atoms with E-state index in [0.717, 1.165) is 5.56 Å². The lowest BCUT2D eigenvalue weighted by Crippen LogP contribution is -2.40. The molecule has 1 amide bonds. The molecule has 3 aromatic rings. The number of amides is 1. The lowest BCUT2D eigenvalue weighted by Gasteiger charge is -2.29. The summed E-state index contributed by atoms with van der Waals surface area (Å²) in [6, 6.07) is 19.0. The van der Waals surface area contributed by atoms with Crippen LogP contribution >= 0.6 is 0 Å². The van der Waals surface area contributed by atoms with Gasteiger partial charge in [0.25, 0.3) is 5.91 Å². The molecule has 172 valence electrons. The number of hydrogen-bond acceptors (Lipinski definition) is 3. The number of carbonyl (C=O) groups excluding carboxylic acids is 1. The molecule has 1 saturated heterocycles. The summed E-state index contributed by atoms with van der Waals surface area (Å²) >= 11 is 0. The molecule has 2 fully saturated rings. The van der Waals surface area contributed by atoms with Crippen LogP contribution in [0.1, 0.15) is 78.9 Å². The van der Waals surface area contributed by atoms with Crippen molar-refractivity contribution in [1.29, 1.82) is 0 Å². The molecular weight excluding hydrogens is 408 g/mol. The van der Waals surface area contributed by atoms with Crippen molar-refractivity contribution in [2.75, 3.05) is 13.1 Å². The van der Waals surface area contributed by atoms with Gasteiger partial charge in [-0.1, -0.05) is 43.3 Å². The Labute approximate surface area is 196 Å². The summed E-state index contributed by atoms with van der Waals surface area (Å²) in [5.41, 5.74) is 3.35. The van der Waals surface area contributed by atoms with Crippen molar-refractivity contribution in [3.05, 3.63) is 77.6 Å². The van der Waals surface area contributed by atoms with Crippen LogP contribution in [0.15, 0.2) is 60.8 Å². The molecule has 2 heterocycles. The zero-order valence-corrected chi connectivity index (χ0v) is 19.5. The highest BCUT2D eigenvalue weighted by Crippen LogP contribution is 2.42. The van der Waals surface area contributed by atoms with Crippen LogP contribution in [0.25, 0.3) is 10.8 Å². The normalized spacial score (nSPS) is 22.5. The Kier molecular flexibility index (Phi) is 6.45. The van der Waals surface area contributed by atoms with Gasteiger partial charge in [0.05, 0.1) is 11.8 Å². The highest BCUT2D eigenvalue weighted by Gasteiger charge is 2.28. The summed E-state index contributed by atoms with van der Waals surface area (Å²) in [6.07, 6.45) is 7.92. The number of piperidine rings is 1. The molecule has 4 nitrogen and oxygen atoms in total. The van der Waals surface area contributed by atoms with Gasteiger partial charge in [0.1, 0.15) is 0 Å². The molecule has 2 aliphatic rings. The molecule has 2 aromatic carbocycles. The highest BCUT2D eigenvalue weighted by molar-refractivity contribution is 5.94. The first-order valence-corrected chi connectivity index (χ1v) is 12.5. The third-order valence-electron chi connectivity index (χ3n) is 7.78. The van der Waals surface area contributed by atoms with Crippen LogP contribution in [-0.4, -0.2) is 40.1 Å². The number of hydrogen-bond donors (Lipinski definition) is 1. The monoisotopic (exact) mass is 442 g/mol. The van der Waals surface area contributed by atoms with E-state index in [1.807, 2.05) is 23.2 Å². The Morgan fingerprint density at radius 3 is 2.58 bits per heavy atom. The van der Waals surface area contributed by atoms with Gasteiger partial charge in [-0.15, -0.1) is 0 Å². The van der Waals surface area contributed by atoms with Crippen LogP contribution < -0.4 is 0 Å². The second kappa shape index (κ2) is 9.64. The first kappa shape index (κ1) is 22.1. The lowest BCUT2D eigenvalue weighted by atomic mass is 9.88. The van der Waals surface area contributed by atoms with Gasteiger partial charge in [0.2, 0.25) is 0 Å². The standard InChI is InChI=1S/C29H34N2O2/c1-20(28-27-5-3-2-4-23(27)12-15-30-28)18-21-6-7-25(19-21)22-8-10-24(11-9-22)29(33)31-16-13-26(32)14-17-31/h2-5,8-12,15,20-21,25-26,32H,6-7,13-14,16-19H2,1H3/t20-,21?,25-/m0/s1. The number of pyridine rings is 1. The average molecular weight is 443 g/mol. The van der Waals surface area contributed by atoms with E-state index >= 15 is 0 Å². The Bertz CT molecular complexity index is 1100. The molecule has 1 N–H and O–H groups in total. The molecule has 33 heavy (non-hydrogen) atoms. The Morgan fingerprint density at radius 1 is 1.03 bits per heavy atom. The van der Waals surface area contributed by atoms with Gasteiger partial charge < -0.3 is 10.0 Å². The van der Waals surface area contributed by atoms with Gasteiger partial charge in [0, 0.05) is 30.2 Å². The summed E-state index contributed by atoms with van der Waals surface area (Å²) in [6.45, 7) is 3.62. The van der Waals surface area contributed by atoms with Crippen molar-refractivity contribution in [2.24, 2.45) is 5.92 Å². The van der Waals surface area contributed by atoms with E-state index in [9.17, 15) is 9.90 Å². The molecule has 3 atom stereocenters. The van der Waals surface area contributed by atoms with Crippen LogP contribution in [0.2, 0.25) is 0 Å². The van der Waals surface area contributed by atoms with Gasteiger partial charge in [-0.05, 0) is 85.4 Å². The first-order chi connectivity index (χ1) is 16.1. The van der Waals surface area contributed by atoms with Gasteiger partial charge in [-0.25, -0.2) is 0 Å². The van der Waals surface area contributed by atoms with E-state index in [1.165, 1.54) is 47.7 Å². The van der Waals surface area contributed by atoms with Crippen LogP contribution in [0.4, 0.5) is 0 Å². The van der Waals surface area contributed by atoms with Crippen molar-refractivity contribution < 1.29 is 9.90 Å². The van der Waals surface area contributed by atoms with Gasteiger partial charge in [-0.2, -0.15) is 0 Å². The molecule has 0 bridgehead atoms. The van der Waals surface area contributed by atoms with Gasteiger partial charge >= 0.3 is 0 Å². The zero-order chi connectivity index (χ0) is 22.8. The molecule has 1 aliphatic heterocycles. The van der Waals surface area contributed by atoms with Gasteiger partial charge in [-0.3, -0.25) is 9.78 Å². The summed E-state index contributed by atoms with van der Waals surface area (Å²) in [4.78, 5) is 19.4. The fourth-order valence-electron chi connectivity index (χ4n) is 5.89. The van der Waals surface area contributed by atoms with Crippen LogP contribution in [0, 0.1) is 5.92 Å². The number of likely N-dealkylation sites (tertiary alicyclic amines) is 1. The van der Waals surface area contributed by atoms with Crippen molar-refractivity contribution in [3.8, 4) is 0 Å². The smallest absolute Gasteiger partial charge is 0.253 e. The Morgan fingerprint density at radius 2 is 1.79 bits per heavy atom. The number of rotatable bonds is 5. The Balaban J connectivity index is 1.20. The van der Waals surface area contributed by atoms with E-state index < -0.39 is 0 Å². The number of aromatic nitrogens is 1. The quantitative estimate of drug-likeness (QED) is 0.534. The average Bonchev–Trinajstić information content (AvgIpc) is 3.32. The molecular formula is C29H34N2O2. The first-order valence-electron chi connectivity index (χ1n) is 12.5. The number of aliphatic hydroxyl groups excluding tert-OH is 1. The molecule has 4 heteroatoms. The summed E-state index contributed by atoms with van der Waals surface area (Å²) in [5.74, 6) is 1.83. The maximum atomic E-state index is 12.8. The molecule has 1 aliphatic carbocycles. The second-order valence-electron chi connectivity index (χ2n) is 10.1. The Hall–Kier alpha value is -2.72. The molecule has 5 rings (SSSR count). The second-order valence-corrected chi connectivity index (χ2v) is 10.1. The van der Waals surface area contributed by atoms with Gasteiger partial charge in [0.15, 0.2) is 0 Å². The number of carbonyl (C=O) groups is 1. The summed E-state index contributed by atoms with van der Waals surface area (Å²) in [5, 5.41) is 12.2. The fourth-order valence-corrected chi connectivity index (χ4v) is 5.89. The van der Waals surface area contributed by atoms with Crippen molar-refractivity contribution in [2.45, 2.75) is 63.4 Å². The third-order valence-corrected chi connectivity index (χ3v) is 7.78. The van der Waals surface area contributed by atoms with Crippen molar-refractivity contribution in [3.63, 3.8) is 0 Å². The van der Waals surface area contributed by atoms with Crippen LogP contribution in [0.3, 0.4) is 0 Å². The largest absolute Gasteiger partial charge is 0.393 e.